The molecule has 0 aliphatic carbocycles. The van der Waals surface area contributed by atoms with Gasteiger partial charge in [0.15, 0.2) is 5.72 Å². The van der Waals surface area contributed by atoms with Gasteiger partial charge in [-0.05, 0) is 51.4 Å². The van der Waals surface area contributed by atoms with E-state index < -0.39 is 44.2 Å². The van der Waals surface area contributed by atoms with Gasteiger partial charge >= 0.3 is 0 Å². The minimum absolute atomic E-state index is 0.124. The van der Waals surface area contributed by atoms with Crippen LogP contribution in [0.4, 0.5) is 0 Å². The van der Waals surface area contributed by atoms with Crippen molar-refractivity contribution >= 4 is 26.8 Å². The predicted octanol–water partition coefficient (Wildman–Crippen LogP) is 3.61. The van der Waals surface area contributed by atoms with Crippen LogP contribution in [-0.2, 0) is 14.0 Å². The Morgan fingerprint density at radius 1 is 1.19 bits per heavy atom. The van der Waals surface area contributed by atoms with Crippen molar-refractivity contribution in [2.24, 2.45) is 17.3 Å². The molecule has 1 aromatic rings. The average molecular weight is 460 g/mol. The molecular weight excluding hydrogens is 424 g/mol. The van der Waals surface area contributed by atoms with E-state index in [9.17, 15) is 14.4 Å². The van der Waals surface area contributed by atoms with E-state index in [2.05, 4.69) is 26.1 Å². The lowest BCUT2D eigenvalue weighted by molar-refractivity contribution is -0.168. The first kappa shape index (κ1) is 24.4. The Bertz CT molecular complexity index is 939. The Kier molecular flexibility index (Phi) is 6.10. The summed E-state index contributed by atoms with van der Waals surface area (Å²) in [5, 5.41) is 2.92. The summed E-state index contributed by atoms with van der Waals surface area (Å²) in [6, 6.07) is 6.47. The number of hydrogen-bond donors (Lipinski definition) is 1. The van der Waals surface area contributed by atoms with E-state index in [4.69, 9.17) is 9.16 Å². The van der Waals surface area contributed by atoms with Gasteiger partial charge in [0.05, 0.1) is 29.0 Å². The maximum atomic E-state index is 13.7. The highest BCUT2D eigenvalue weighted by atomic mass is 28.3. The number of amides is 3. The molecule has 2 heterocycles. The zero-order valence-electron chi connectivity index (χ0n) is 20.5. The number of β-lactam (4-membered cyclic amide) rings is 1. The van der Waals surface area contributed by atoms with Gasteiger partial charge in [0.2, 0.25) is 20.9 Å². The maximum absolute atomic E-state index is 13.7. The molecule has 1 N–H and O–H groups in total. The first-order valence-corrected chi connectivity index (χ1v) is 13.5. The van der Waals surface area contributed by atoms with Crippen LogP contribution >= 0.6 is 0 Å². The molecule has 0 bridgehead atoms. The third-order valence-electron chi connectivity index (χ3n) is 6.82. The third kappa shape index (κ3) is 3.88. The second-order valence-electron chi connectivity index (χ2n) is 10.7. The summed E-state index contributed by atoms with van der Waals surface area (Å²) < 4.78 is 12.4. The summed E-state index contributed by atoms with van der Waals surface area (Å²) in [4.78, 5) is 40.9. The lowest BCUT2D eigenvalue weighted by Crippen LogP contribution is -2.73. The van der Waals surface area contributed by atoms with Gasteiger partial charge in [-0.25, -0.2) is 4.90 Å². The summed E-state index contributed by atoms with van der Waals surface area (Å²) in [7, 11) is -1.12. The van der Waals surface area contributed by atoms with Gasteiger partial charge in [-0.1, -0.05) is 39.8 Å². The van der Waals surface area contributed by atoms with Crippen molar-refractivity contribution < 1.29 is 23.5 Å². The zero-order chi connectivity index (χ0) is 24.2. The molecule has 0 saturated carbocycles. The Labute approximate surface area is 192 Å². The monoisotopic (exact) mass is 459 g/mol. The Hall–Kier alpha value is -2.19. The number of hydrogen-bond acceptors (Lipinski definition) is 5. The minimum Gasteiger partial charge on any atom is -0.467 e. The normalized spacial score (nSPS) is 25.2. The highest BCUT2D eigenvalue weighted by Gasteiger charge is 2.60. The van der Waals surface area contributed by atoms with Crippen molar-refractivity contribution in [3.8, 4) is 5.75 Å². The van der Waals surface area contributed by atoms with E-state index in [0.717, 1.165) is 0 Å². The van der Waals surface area contributed by atoms with Crippen LogP contribution in [-0.4, -0.2) is 49.0 Å². The molecule has 0 unspecified atom stereocenters. The fourth-order valence-electron chi connectivity index (χ4n) is 4.65. The molecule has 175 valence electrons. The molecule has 1 saturated heterocycles. The lowest BCUT2D eigenvalue weighted by atomic mass is 9.62. The van der Waals surface area contributed by atoms with E-state index in [-0.39, 0.29) is 17.2 Å². The molecule has 4 atom stereocenters. The van der Waals surface area contributed by atoms with Gasteiger partial charge in [-0.15, -0.1) is 0 Å². The summed E-state index contributed by atoms with van der Waals surface area (Å²) in [5.41, 5.74) is -1.88. The number of ether oxygens (including phenoxy) is 1. The largest absolute Gasteiger partial charge is 0.467 e. The highest BCUT2D eigenvalue weighted by molar-refractivity contribution is 6.48. The molecule has 2 aliphatic heterocycles. The second kappa shape index (κ2) is 7.99. The van der Waals surface area contributed by atoms with Crippen LogP contribution in [0.2, 0.25) is 13.1 Å². The second-order valence-corrected chi connectivity index (χ2v) is 12.7. The fourth-order valence-corrected chi connectivity index (χ4v) is 5.93. The number of imide groups is 1. The summed E-state index contributed by atoms with van der Waals surface area (Å²) in [6.07, 6.45) is 0. The molecule has 3 rings (SSSR count). The minimum atomic E-state index is -1.15. The van der Waals surface area contributed by atoms with Gasteiger partial charge < -0.3 is 14.5 Å². The topological polar surface area (TPSA) is 84.9 Å². The van der Waals surface area contributed by atoms with Gasteiger partial charge in [-0.3, -0.25) is 14.4 Å². The van der Waals surface area contributed by atoms with Gasteiger partial charge in [0.25, 0.3) is 5.91 Å². The maximum Gasteiger partial charge on any atom is 0.267 e. The van der Waals surface area contributed by atoms with Crippen molar-refractivity contribution in [1.82, 2.24) is 10.2 Å². The quantitative estimate of drug-likeness (QED) is 0.537. The SMILES string of the molecule is C[C@@H](C(=O)N1C(=O)c2ccccc2OC1(C)C)[C@H]1NC(=O)[C@@H]1[C@@](C)(O[Si](C)C)C(C)(C)C. The molecule has 1 fully saturated rings. The van der Waals surface area contributed by atoms with Crippen molar-refractivity contribution in [3.63, 3.8) is 0 Å². The number of benzene rings is 1. The highest BCUT2D eigenvalue weighted by Crippen LogP contribution is 2.46. The van der Waals surface area contributed by atoms with E-state index in [1.165, 1.54) is 4.90 Å². The van der Waals surface area contributed by atoms with Crippen molar-refractivity contribution in [2.75, 3.05) is 0 Å². The molecular formula is C24H35N2O5Si. The molecule has 1 radical (unpaired) electrons. The van der Waals surface area contributed by atoms with E-state index in [1.54, 1.807) is 45.0 Å². The van der Waals surface area contributed by atoms with Crippen LogP contribution in [0.25, 0.3) is 0 Å². The molecule has 0 spiro atoms. The molecule has 1 aromatic carbocycles. The van der Waals surface area contributed by atoms with Gasteiger partial charge in [0.1, 0.15) is 5.75 Å². The number of carbonyl (C=O) groups excluding carboxylic acids is 3. The first-order valence-electron chi connectivity index (χ1n) is 11.1. The molecule has 3 amide bonds. The van der Waals surface area contributed by atoms with E-state index in [1.807, 2.05) is 20.0 Å². The molecule has 2 aliphatic rings. The number of para-hydroxylation sites is 1. The van der Waals surface area contributed by atoms with E-state index in [0.29, 0.717) is 11.3 Å². The van der Waals surface area contributed by atoms with Gasteiger partial charge in [-0.2, -0.15) is 0 Å². The van der Waals surface area contributed by atoms with E-state index >= 15 is 0 Å². The third-order valence-corrected chi connectivity index (χ3v) is 7.65. The smallest absolute Gasteiger partial charge is 0.267 e. The lowest BCUT2D eigenvalue weighted by Gasteiger charge is -2.56. The summed E-state index contributed by atoms with van der Waals surface area (Å²) >= 11 is 0. The predicted molar refractivity (Wildman–Crippen MR) is 123 cm³/mol. The molecule has 8 heteroatoms. The average Bonchev–Trinajstić information content (AvgIpc) is 2.63. The summed E-state index contributed by atoms with van der Waals surface area (Å²) in [5.74, 6) is -1.57. The standard InChI is InChI=1S/C24H35N2O5Si/c1-14(18-17(19(27)25-18)24(7,22(2,3)4)31-32(8)9)20(28)26-21(29)15-12-10-11-13-16(15)30-23(26,5)6/h10-14,17-18H,1-9H3,(H,25,27)/t14-,17-,18-,24-/m1/s1. The van der Waals surface area contributed by atoms with Crippen LogP contribution in [0.5, 0.6) is 5.75 Å². The zero-order valence-corrected chi connectivity index (χ0v) is 21.5. The van der Waals surface area contributed by atoms with Crippen LogP contribution in [0.15, 0.2) is 24.3 Å². The number of fused-ring (bicyclic) bond motifs is 1. The van der Waals surface area contributed by atoms with Crippen LogP contribution in [0.1, 0.15) is 58.8 Å². The number of carbonyl (C=O) groups is 3. The Morgan fingerprint density at radius 3 is 2.31 bits per heavy atom. The number of nitrogens with one attached hydrogen (secondary N) is 1. The van der Waals surface area contributed by atoms with Gasteiger partial charge in [0, 0.05) is 0 Å². The Morgan fingerprint density at radius 2 is 1.78 bits per heavy atom. The van der Waals surface area contributed by atoms with Crippen LogP contribution in [0, 0.1) is 17.3 Å². The Balaban J connectivity index is 1.93. The number of rotatable bonds is 5. The van der Waals surface area contributed by atoms with Crippen LogP contribution < -0.4 is 10.1 Å². The fraction of sp³-hybridized carbons (Fsp3) is 0.625. The summed E-state index contributed by atoms with van der Waals surface area (Å²) in [6.45, 7) is 17.4. The van der Waals surface area contributed by atoms with Crippen molar-refractivity contribution in [1.29, 1.82) is 0 Å². The number of nitrogens with zero attached hydrogens (tertiary/aromatic N) is 1. The molecule has 7 nitrogen and oxygen atoms in total. The van der Waals surface area contributed by atoms with Crippen molar-refractivity contribution in [3.05, 3.63) is 29.8 Å². The molecule has 0 aromatic heterocycles. The molecule has 32 heavy (non-hydrogen) atoms. The van der Waals surface area contributed by atoms with Crippen molar-refractivity contribution in [2.45, 2.75) is 78.9 Å². The first-order chi connectivity index (χ1) is 14.6. The van der Waals surface area contributed by atoms with Crippen LogP contribution in [0.3, 0.4) is 0 Å².